The number of amides is 1. The van der Waals surface area contributed by atoms with Crippen molar-refractivity contribution >= 4 is 11.7 Å². The second-order valence-corrected chi connectivity index (χ2v) is 5.71. The Labute approximate surface area is 132 Å². The first-order valence-electron chi connectivity index (χ1n) is 7.50. The first-order chi connectivity index (χ1) is 10.6. The minimum atomic E-state index is 0.0690. The van der Waals surface area contributed by atoms with Crippen molar-refractivity contribution in [3.63, 3.8) is 0 Å². The Balaban J connectivity index is 1.86. The van der Waals surface area contributed by atoms with Gasteiger partial charge in [-0.1, -0.05) is 37.3 Å². The Bertz CT molecular complexity index is 611. The number of hydrogen-bond donors (Lipinski definition) is 1. The number of carbonyl (C=O) groups is 1. The van der Waals surface area contributed by atoms with Gasteiger partial charge in [0.05, 0.1) is 0 Å². The summed E-state index contributed by atoms with van der Waals surface area (Å²) < 4.78 is 0. The van der Waals surface area contributed by atoms with Crippen molar-refractivity contribution in [2.24, 2.45) is 0 Å². The second-order valence-electron chi connectivity index (χ2n) is 5.71. The maximum atomic E-state index is 12.1. The van der Waals surface area contributed by atoms with Crippen molar-refractivity contribution in [1.29, 1.82) is 0 Å². The lowest BCUT2D eigenvalue weighted by Crippen LogP contribution is -2.24. The first-order valence-corrected chi connectivity index (χ1v) is 7.50. The zero-order valence-corrected chi connectivity index (χ0v) is 13.4. The molecule has 1 N–H and O–H groups in total. The van der Waals surface area contributed by atoms with Gasteiger partial charge in [0.1, 0.15) is 5.82 Å². The molecule has 1 aromatic carbocycles. The van der Waals surface area contributed by atoms with Crippen LogP contribution in [-0.4, -0.2) is 25.0 Å². The van der Waals surface area contributed by atoms with Crippen LogP contribution in [0.2, 0.25) is 0 Å². The molecule has 0 aliphatic rings. The topological polar surface area (TPSA) is 45.2 Å². The van der Waals surface area contributed by atoms with Gasteiger partial charge in [0, 0.05) is 33.3 Å². The molecule has 1 aromatic heterocycles. The van der Waals surface area contributed by atoms with Gasteiger partial charge >= 0.3 is 0 Å². The van der Waals surface area contributed by atoms with Crippen molar-refractivity contribution in [1.82, 2.24) is 10.3 Å². The fraction of sp³-hybridized carbons (Fsp3) is 0.333. The molecule has 0 fully saturated rings. The van der Waals surface area contributed by atoms with Crippen molar-refractivity contribution in [2.75, 3.05) is 19.0 Å². The average Bonchev–Trinajstić information content (AvgIpc) is 2.54. The number of aromatic nitrogens is 1. The van der Waals surface area contributed by atoms with E-state index in [2.05, 4.69) is 29.4 Å². The van der Waals surface area contributed by atoms with E-state index in [9.17, 15) is 4.79 Å². The van der Waals surface area contributed by atoms with E-state index in [1.165, 1.54) is 5.56 Å². The maximum absolute atomic E-state index is 12.1. The zero-order chi connectivity index (χ0) is 15.9. The summed E-state index contributed by atoms with van der Waals surface area (Å²) in [6, 6.07) is 14.0. The number of benzene rings is 1. The molecule has 0 bridgehead atoms. The molecule has 0 radical (unpaired) electrons. The third kappa shape index (κ3) is 4.58. The highest BCUT2D eigenvalue weighted by Crippen LogP contribution is 2.18. The predicted octanol–water partition coefficient (Wildman–Crippen LogP) is 2.96. The molecule has 22 heavy (non-hydrogen) atoms. The van der Waals surface area contributed by atoms with E-state index in [4.69, 9.17) is 0 Å². The lowest BCUT2D eigenvalue weighted by atomic mass is 9.97. The average molecular weight is 297 g/mol. The van der Waals surface area contributed by atoms with Crippen LogP contribution >= 0.6 is 0 Å². The van der Waals surface area contributed by atoms with E-state index < -0.39 is 0 Å². The number of anilines is 1. The lowest BCUT2D eigenvalue weighted by molar-refractivity contribution is -0.121. The van der Waals surface area contributed by atoms with Crippen LogP contribution in [-0.2, 0) is 11.3 Å². The molecule has 4 heteroatoms. The number of pyridine rings is 1. The molecule has 4 nitrogen and oxygen atoms in total. The van der Waals surface area contributed by atoms with Gasteiger partial charge in [0.15, 0.2) is 0 Å². The molecule has 0 aliphatic heterocycles. The molecule has 116 valence electrons. The quantitative estimate of drug-likeness (QED) is 0.891. The van der Waals surface area contributed by atoms with Crippen molar-refractivity contribution in [2.45, 2.75) is 25.8 Å². The van der Waals surface area contributed by atoms with Gasteiger partial charge in [-0.3, -0.25) is 4.79 Å². The summed E-state index contributed by atoms with van der Waals surface area (Å²) in [6.45, 7) is 2.61. The third-order valence-electron chi connectivity index (χ3n) is 3.62. The molecule has 1 unspecified atom stereocenters. The van der Waals surface area contributed by atoms with E-state index in [1.807, 2.05) is 49.3 Å². The number of hydrogen-bond acceptors (Lipinski definition) is 3. The van der Waals surface area contributed by atoms with Gasteiger partial charge < -0.3 is 10.2 Å². The van der Waals surface area contributed by atoms with E-state index >= 15 is 0 Å². The molecule has 0 saturated carbocycles. The standard InChI is InChI=1S/C18H23N3O/c1-14(16-7-5-4-6-8-16)11-18(22)20-13-15-9-10-19-17(12-15)21(2)3/h4-10,12,14H,11,13H2,1-3H3,(H,20,22). The predicted molar refractivity (Wildman–Crippen MR) is 89.9 cm³/mol. The van der Waals surface area contributed by atoms with Crippen LogP contribution in [0, 0.1) is 0 Å². The van der Waals surface area contributed by atoms with Gasteiger partial charge in [-0.15, -0.1) is 0 Å². The van der Waals surface area contributed by atoms with Gasteiger partial charge in [0.2, 0.25) is 5.91 Å². The van der Waals surface area contributed by atoms with Crippen LogP contribution in [0.5, 0.6) is 0 Å². The summed E-state index contributed by atoms with van der Waals surface area (Å²) in [5.41, 5.74) is 2.25. The minimum Gasteiger partial charge on any atom is -0.363 e. The van der Waals surface area contributed by atoms with Crippen molar-refractivity contribution in [3.8, 4) is 0 Å². The molecule has 0 aliphatic carbocycles. The maximum Gasteiger partial charge on any atom is 0.220 e. The first kappa shape index (κ1) is 16.0. The number of rotatable bonds is 6. The Kier molecular flexibility index (Phi) is 5.53. The highest BCUT2D eigenvalue weighted by atomic mass is 16.1. The highest BCUT2D eigenvalue weighted by Gasteiger charge is 2.10. The van der Waals surface area contributed by atoms with E-state index in [-0.39, 0.29) is 11.8 Å². The van der Waals surface area contributed by atoms with Crippen LogP contribution in [0.4, 0.5) is 5.82 Å². The van der Waals surface area contributed by atoms with Gasteiger partial charge in [-0.2, -0.15) is 0 Å². The molecule has 0 spiro atoms. The number of carbonyl (C=O) groups excluding carboxylic acids is 1. The smallest absolute Gasteiger partial charge is 0.220 e. The van der Waals surface area contributed by atoms with Gasteiger partial charge in [-0.25, -0.2) is 4.98 Å². The van der Waals surface area contributed by atoms with Crippen LogP contribution in [0.1, 0.15) is 30.4 Å². The summed E-state index contributed by atoms with van der Waals surface area (Å²) in [5, 5.41) is 2.98. The Morgan fingerprint density at radius 2 is 1.95 bits per heavy atom. The van der Waals surface area contributed by atoms with E-state index in [0.717, 1.165) is 11.4 Å². The summed E-state index contributed by atoms with van der Waals surface area (Å²) in [5.74, 6) is 1.18. The van der Waals surface area contributed by atoms with E-state index in [1.54, 1.807) is 6.20 Å². The monoisotopic (exact) mass is 297 g/mol. The molecule has 1 heterocycles. The molecule has 0 saturated heterocycles. The lowest BCUT2D eigenvalue weighted by Gasteiger charge is -2.14. The van der Waals surface area contributed by atoms with E-state index in [0.29, 0.717) is 13.0 Å². The van der Waals surface area contributed by atoms with Crippen LogP contribution in [0.25, 0.3) is 0 Å². The summed E-state index contributed by atoms with van der Waals surface area (Å²) in [4.78, 5) is 18.3. The summed E-state index contributed by atoms with van der Waals surface area (Å²) in [6.07, 6.45) is 2.26. The second kappa shape index (κ2) is 7.59. The van der Waals surface area contributed by atoms with Crippen LogP contribution < -0.4 is 10.2 Å². The van der Waals surface area contributed by atoms with Crippen LogP contribution in [0.15, 0.2) is 48.7 Å². The molecular formula is C18H23N3O. The molecular weight excluding hydrogens is 274 g/mol. The normalized spacial score (nSPS) is 11.8. The molecule has 1 atom stereocenters. The molecule has 1 amide bonds. The zero-order valence-electron chi connectivity index (χ0n) is 13.4. The SMILES string of the molecule is CC(CC(=O)NCc1ccnc(N(C)C)c1)c1ccccc1. The minimum absolute atomic E-state index is 0.0690. The Hall–Kier alpha value is -2.36. The summed E-state index contributed by atoms with van der Waals surface area (Å²) >= 11 is 0. The third-order valence-corrected chi connectivity index (χ3v) is 3.62. The fourth-order valence-corrected chi connectivity index (χ4v) is 2.27. The van der Waals surface area contributed by atoms with Crippen molar-refractivity contribution < 1.29 is 4.79 Å². The van der Waals surface area contributed by atoms with Crippen molar-refractivity contribution in [3.05, 3.63) is 59.8 Å². The molecule has 2 aromatic rings. The number of nitrogens with zero attached hydrogens (tertiary/aromatic N) is 2. The van der Waals surface area contributed by atoms with Gasteiger partial charge in [-0.05, 0) is 29.2 Å². The molecule has 2 rings (SSSR count). The Morgan fingerprint density at radius 3 is 2.64 bits per heavy atom. The summed E-state index contributed by atoms with van der Waals surface area (Å²) in [7, 11) is 3.90. The van der Waals surface area contributed by atoms with Crippen LogP contribution in [0.3, 0.4) is 0 Å². The largest absolute Gasteiger partial charge is 0.363 e. The number of nitrogens with one attached hydrogen (secondary N) is 1. The van der Waals surface area contributed by atoms with Gasteiger partial charge in [0.25, 0.3) is 0 Å². The highest BCUT2D eigenvalue weighted by molar-refractivity contribution is 5.76. The Morgan fingerprint density at radius 1 is 1.23 bits per heavy atom. The fourth-order valence-electron chi connectivity index (χ4n) is 2.27.